The highest BCUT2D eigenvalue weighted by Crippen LogP contribution is 2.42. The lowest BCUT2D eigenvalue weighted by molar-refractivity contribution is -0.149. The second kappa shape index (κ2) is 5.38. The molecule has 3 rings (SSSR count). The number of amides is 1. The van der Waals surface area contributed by atoms with E-state index in [1.54, 1.807) is 0 Å². The first-order valence-corrected chi connectivity index (χ1v) is 8.11. The molecule has 0 radical (unpaired) electrons. The van der Waals surface area contributed by atoms with Gasteiger partial charge < -0.3 is 10.0 Å². The van der Waals surface area contributed by atoms with Gasteiger partial charge in [-0.25, -0.2) is 0 Å². The minimum Gasteiger partial charge on any atom is -0.481 e. The molecular formula is C16H25NO3. The highest BCUT2D eigenvalue weighted by Gasteiger charge is 2.46. The Bertz CT molecular complexity index is 409. The second-order valence-corrected chi connectivity index (χ2v) is 7.06. The van der Waals surface area contributed by atoms with E-state index in [0.29, 0.717) is 24.3 Å². The summed E-state index contributed by atoms with van der Waals surface area (Å²) in [5.41, 5.74) is 0. The molecule has 0 aromatic rings. The first-order chi connectivity index (χ1) is 9.58. The van der Waals surface area contributed by atoms with Gasteiger partial charge in [-0.2, -0.15) is 0 Å². The Morgan fingerprint density at radius 2 is 1.75 bits per heavy atom. The van der Waals surface area contributed by atoms with Crippen LogP contribution in [0.25, 0.3) is 0 Å². The average molecular weight is 279 g/mol. The van der Waals surface area contributed by atoms with Gasteiger partial charge >= 0.3 is 5.97 Å². The monoisotopic (exact) mass is 279 g/mol. The van der Waals surface area contributed by atoms with Crippen molar-refractivity contribution in [3.05, 3.63) is 0 Å². The number of rotatable bonds is 2. The summed E-state index contributed by atoms with van der Waals surface area (Å²) in [4.78, 5) is 26.3. The van der Waals surface area contributed by atoms with E-state index in [2.05, 4.69) is 6.92 Å². The number of hydrogen-bond acceptors (Lipinski definition) is 2. The molecule has 20 heavy (non-hydrogen) atoms. The Morgan fingerprint density at radius 1 is 1.05 bits per heavy atom. The van der Waals surface area contributed by atoms with Gasteiger partial charge in [0.15, 0.2) is 0 Å². The predicted octanol–water partition coefficient (Wildman–Crippen LogP) is 2.52. The Kier molecular flexibility index (Phi) is 3.74. The predicted molar refractivity (Wildman–Crippen MR) is 75.1 cm³/mol. The van der Waals surface area contributed by atoms with Crippen LogP contribution in [0.2, 0.25) is 0 Å². The summed E-state index contributed by atoms with van der Waals surface area (Å²) in [5, 5.41) is 9.35. The lowest BCUT2D eigenvalue weighted by Gasteiger charge is -2.33. The fourth-order valence-corrected chi connectivity index (χ4v) is 4.73. The zero-order valence-electron chi connectivity index (χ0n) is 12.3. The fraction of sp³-hybridized carbons (Fsp3) is 0.875. The van der Waals surface area contributed by atoms with E-state index in [9.17, 15) is 14.7 Å². The van der Waals surface area contributed by atoms with Crippen LogP contribution in [-0.4, -0.2) is 34.5 Å². The van der Waals surface area contributed by atoms with Gasteiger partial charge in [-0.15, -0.1) is 0 Å². The molecule has 3 aliphatic rings. The quantitative estimate of drug-likeness (QED) is 0.845. The number of carboxylic acid groups (broad SMARTS) is 1. The molecule has 2 saturated carbocycles. The molecule has 112 valence electrons. The summed E-state index contributed by atoms with van der Waals surface area (Å²) < 4.78 is 0. The highest BCUT2D eigenvalue weighted by atomic mass is 16.4. The molecule has 1 amide bonds. The number of carboxylic acids is 1. The van der Waals surface area contributed by atoms with Crippen LogP contribution in [0.4, 0.5) is 0 Å². The topological polar surface area (TPSA) is 57.6 Å². The van der Waals surface area contributed by atoms with Crippen molar-refractivity contribution in [3.8, 4) is 0 Å². The van der Waals surface area contributed by atoms with Gasteiger partial charge in [0.2, 0.25) is 5.91 Å². The van der Waals surface area contributed by atoms with E-state index in [-0.39, 0.29) is 11.8 Å². The fourth-order valence-electron chi connectivity index (χ4n) is 4.73. The van der Waals surface area contributed by atoms with E-state index < -0.39 is 11.9 Å². The third-order valence-electron chi connectivity index (χ3n) is 5.73. The van der Waals surface area contributed by atoms with Crippen molar-refractivity contribution in [2.24, 2.45) is 23.7 Å². The Labute approximate surface area is 120 Å². The largest absolute Gasteiger partial charge is 0.481 e. The Hall–Kier alpha value is -1.06. The van der Waals surface area contributed by atoms with Gasteiger partial charge in [-0.05, 0) is 43.9 Å². The molecule has 0 spiro atoms. The van der Waals surface area contributed by atoms with E-state index in [4.69, 9.17) is 0 Å². The second-order valence-electron chi connectivity index (χ2n) is 7.06. The lowest BCUT2D eigenvalue weighted by atomic mass is 9.84. The van der Waals surface area contributed by atoms with Crippen LogP contribution in [0.15, 0.2) is 0 Å². The van der Waals surface area contributed by atoms with Crippen LogP contribution in [-0.2, 0) is 9.59 Å². The third-order valence-corrected chi connectivity index (χ3v) is 5.73. The molecule has 2 aliphatic carbocycles. The van der Waals surface area contributed by atoms with Crippen LogP contribution >= 0.6 is 0 Å². The van der Waals surface area contributed by atoms with Gasteiger partial charge in [-0.1, -0.05) is 19.8 Å². The molecular weight excluding hydrogens is 254 g/mol. The van der Waals surface area contributed by atoms with Crippen molar-refractivity contribution in [3.63, 3.8) is 0 Å². The molecule has 4 heteroatoms. The average Bonchev–Trinajstić information content (AvgIpc) is 3.01. The summed E-state index contributed by atoms with van der Waals surface area (Å²) in [5.74, 6) is -0.351. The maximum absolute atomic E-state index is 12.8. The van der Waals surface area contributed by atoms with Crippen LogP contribution in [0.1, 0.15) is 51.9 Å². The molecule has 0 bridgehead atoms. The number of hydrogen-bond donors (Lipinski definition) is 1. The van der Waals surface area contributed by atoms with E-state index >= 15 is 0 Å². The van der Waals surface area contributed by atoms with Gasteiger partial charge in [0.1, 0.15) is 0 Å². The van der Waals surface area contributed by atoms with Gasteiger partial charge in [0, 0.05) is 12.6 Å². The van der Waals surface area contributed by atoms with E-state index in [1.807, 2.05) is 4.90 Å². The Morgan fingerprint density at radius 3 is 2.50 bits per heavy atom. The SMILES string of the molecule is CC1C[C@H](C(=O)N2CCC3CCCCC32)[C@H](C(=O)O)C1. The number of aliphatic carboxylic acids is 1. The van der Waals surface area contributed by atoms with Crippen molar-refractivity contribution in [1.82, 2.24) is 4.90 Å². The summed E-state index contributed by atoms with van der Waals surface area (Å²) in [6.07, 6.45) is 7.41. The zero-order chi connectivity index (χ0) is 14.3. The molecule has 1 saturated heterocycles. The maximum atomic E-state index is 12.8. The number of nitrogens with zero attached hydrogens (tertiary/aromatic N) is 1. The minimum absolute atomic E-state index is 0.135. The standard InChI is InChI=1S/C16H25NO3/c1-10-8-12(13(9-10)16(19)20)15(18)17-7-6-11-4-2-3-5-14(11)17/h10-14H,2-9H2,1H3,(H,19,20)/t10?,11?,12-,13+,14?/m0/s1. The number of likely N-dealkylation sites (tertiary alicyclic amines) is 1. The molecule has 1 heterocycles. The van der Waals surface area contributed by atoms with Crippen molar-refractivity contribution in [2.75, 3.05) is 6.54 Å². The molecule has 4 nitrogen and oxygen atoms in total. The first kappa shape index (κ1) is 13.9. The number of carbonyl (C=O) groups excluding carboxylic acids is 1. The van der Waals surface area contributed by atoms with Crippen LogP contribution in [0.3, 0.4) is 0 Å². The van der Waals surface area contributed by atoms with Gasteiger partial charge in [0.05, 0.1) is 11.8 Å². The van der Waals surface area contributed by atoms with Crippen molar-refractivity contribution in [2.45, 2.75) is 57.9 Å². The minimum atomic E-state index is -0.785. The Balaban J connectivity index is 1.73. The first-order valence-electron chi connectivity index (χ1n) is 8.11. The lowest BCUT2D eigenvalue weighted by Crippen LogP contribution is -2.44. The van der Waals surface area contributed by atoms with Gasteiger partial charge in [0.25, 0.3) is 0 Å². The molecule has 3 unspecified atom stereocenters. The highest BCUT2D eigenvalue weighted by molar-refractivity contribution is 5.85. The van der Waals surface area contributed by atoms with Crippen LogP contribution in [0.5, 0.6) is 0 Å². The van der Waals surface area contributed by atoms with Crippen molar-refractivity contribution >= 4 is 11.9 Å². The summed E-state index contributed by atoms with van der Waals surface area (Å²) in [6, 6.07) is 0.404. The molecule has 0 aromatic carbocycles. The summed E-state index contributed by atoms with van der Waals surface area (Å²) in [6.45, 7) is 2.92. The maximum Gasteiger partial charge on any atom is 0.307 e. The number of carbonyl (C=O) groups is 2. The van der Waals surface area contributed by atoms with E-state index in [1.165, 1.54) is 19.3 Å². The molecule has 3 fully saturated rings. The summed E-state index contributed by atoms with van der Waals surface area (Å²) in [7, 11) is 0. The molecule has 5 atom stereocenters. The summed E-state index contributed by atoms with van der Waals surface area (Å²) >= 11 is 0. The van der Waals surface area contributed by atoms with Crippen LogP contribution in [0, 0.1) is 23.7 Å². The third kappa shape index (κ3) is 2.33. The van der Waals surface area contributed by atoms with Gasteiger partial charge in [-0.3, -0.25) is 9.59 Å². The van der Waals surface area contributed by atoms with Crippen molar-refractivity contribution in [1.29, 1.82) is 0 Å². The van der Waals surface area contributed by atoms with Crippen molar-refractivity contribution < 1.29 is 14.7 Å². The number of fused-ring (bicyclic) bond motifs is 1. The zero-order valence-corrected chi connectivity index (χ0v) is 12.3. The smallest absolute Gasteiger partial charge is 0.307 e. The molecule has 1 aliphatic heterocycles. The van der Waals surface area contributed by atoms with E-state index in [0.717, 1.165) is 25.8 Å². The molecule has 1 N–H and O–H groups in total. The molecule has 0 aromatic heterocycles. The van der Waals surface area contributed by atoms with Crippen LogP contribution < -0.4 is 0 Å². The normalized spacial score (nSPS) is 40.6.